The first-order valence-corrected chi connectivity index (χ1v) is 24.1. The lowest BCUT2D eigenvalue weighted by atomic mass is 9.78. The van der Waals surface area contributed by atoms with Crippen molar-refractivity contribution in [3.8, 4) is 66.8 Å². The summed E-state index contributed by atoms with van der Waals surface area (Å²) in [6.45, 7) is 14.5. The maximum atomic E-state index is 2.54. The third-order valence-corrected chi connectivity index (χ3v) is 16.7. The van der Waals surface area contributed by atoms with Crippen molar-refractivity contribution in [3.05, 3.63) is 228 Å². The van der Waals surface area contributed by atoms with E-state index in [2.05, 4.69) is 236 Å². The molecule has 0 N–H and O–H groups in total. The molecule has 0 heteroatoms. The summed E-state index contributed by atoms with van der Waals surface area (Å²) in [6, 6.07) is 74.2. The number of fused-ring (bicyclic) bond motifs is 17. The van der Waals surface area contributed by atoms with Gasteiger partial charge in [0.1, 0.15) is 0 Å². The predicted octanol–water partition coefficient (Wildman–Crippen LogP) is 18.2. The van der Waals surface area contributed by atoms with Gasteiger partial charge in [-0.2, -0.15) is 0 Å². The summed E-state index contributed by atoms with van der Waals surface area (Å²) < 4.78 is 0. The minimum atomic E-state index is -0.229. The third-order valence-electron chi connectivity index (χ3n) is 16.7. The first-order valence-electron chi connectivity index (χ1n) is 24.1. The zero-order valence-electron chi connectivity index (χ0n) is 39.0. The zero-order chi connectivity index (χ0) is 45.1. The van der Waals surface area contributed by atoms with E-state index in [1.165, 1.54) is 143 Å². The lowest BCUT2D eigenvalue weighted by Gasteiger charge is -2.25. The molecule has 0 saturated heterocycles. The molecule has 0 radical (unpaired) electrons. The van der Waals surface area contributed by atoms with Gasteiger partial charge in [0.25, 0.3) is 0 Å². The zero-order valence-corrected chi connectivity index (χ0v) is 39.0. The Balaban J connectivity index is 0.912. The number of rotatable bonds is 3. The van der Waals surface area contributed by atoms with Crippen LogP contribution < -0.4 is 0 Å². The molecule has 0 aromatic heterocycles. The van der Waals surface area contributed by atoms with Gasteiger partial charge < -0.3 is 0 Å². The fourth-order valence-corrected chi connectivity index (χ4v) is 13.2. The van der Waals surface area contributed by atoms with Crippen molar-refractivity contribution in [1.29, 1.82) is 0 Å². The standard InChI is InChI=1S/C67H50/c1-65(2)55-26-16-15-22-47(55)48-33-31-42(35-57(48)65)54-38-60-64(51-25-14-11-21-46(51)54)63-50-24-13-10-20-45(50)53(37-59(63)67(60,5)6)41-29-27-40(28-30-41)52-36-58-62(49-23-12-9-19-44(49)52)61-43-18-8-7-17-39(43)32-34-56(61)66(58,3)4/h7-38H,1-6H3. The molecule has 0 fully saturated rings. The largest absolute Gasteiger partial charge is 0.0619 e. The minimum Gasteiger partial charge on any atom is -0.0619 e. The first kappa shape index (κ1) is 38.7. The van der Waals surface area contributed by atoms with Crippen LogP contribution in [0.2, 0.25) is 0 Å². The van der Waals surface area contributed by atoms with Gasteiger partial charge in [0.05, 0.1) is 0 Å². The Morgan fingerprint density at radius 2 is 0.597 bits per heavy atom. The van der Waals surface area contributed by atoms with Crippen LogP contribution in [-0.4, -0.2) is 0 Å². The minimum absolute atomic E-state index is 0.0639. The number of hydrogen-bond donors (Lipinski definition) is 0. The van der Waals surface area contributed by atoms with Gasteiger partial charge in [0.15, 0.2) is 0 Å². The molecule has 0 nitrogen and oxygen atoms in total. The van der Waals surface area contributed by atoms with E-state index in [0.717, 1.165) is 0 Å². The summed E-state index contributed by atoms with van der Waals surface area (Å²) >= 11 is 0. The Morgan fingerprint density at radius 1 is 0.224 bits per heavy atom. The summed E-state index contributed by atoms with van der Waals surface area (Å²) in [5.74, 6) is 0. The van der Waals surface area contributed by atoms with Gasteiger partial charge in [-0.3, -0.25) is 0 Å². The van der Waals surface area contributed by atoms with Crippen LogP contribution in [-0.2, 0) is 16.2 Å². The van der Waals surface area contributed by atoms with Crippen molar-refractivity contribution >= 4 is 43.1 Å². The van der Waals surface area contributed by atoms with E-state index in [1.807, 2.05) is 0 Å². The second-order valence-corrected chi connectivity index (χ2v) is 21.1. The summed E-state index contributed by atoms with van der Waals surface area (Å²) in [5, 5.41) is 10.5. The SMILES string of the molecule is CC1(C)c2ccccc2-c2ccc(-c3cc4c(c5ccccc35)-c3c(cc(-c5ccc(-c6cc7c(c8ccccc68)-c6c(ccc8ccccc68)C7(C)C)cc5)c5ccccc35)C4(C)C)cc21. The van der Waals surface area contributed by atoms with Crippen molar-refractivity contribution < 1.29 is 0 Å². The molecule has 0 saturated carbocycles. The van der Waals surface area contributed by atoms with Crippen LogP contribution in [0.1, 0.15) is 74.9 Å². The van der Waals surface area contributed by atoms with Crippen LogP contribution in [0.3, 0.4) is 0 Å². The normalized spacial score (nSPS) is 15.4. The molecule has 3 aliphatic carbocycles. The molecule has 0 unspecified atom stereocenters. The van der Waals surface area contributed by atoms with Gasteiger partial charge in [-0.1, -0.05) is 211 Å². The molecule has 67 heavy (non-hydrogen) atoms. The maximum absolute atomic E-state index is 2.54. The lowest BCUT2D eigenvalue weighted by molar-refractivity contribution is 0.660. The Morgan fingerprint density at radius 3 is 1.13 bits per heavy atom. The average molecular weight is 855 g/mol. The topological polar surface area (TPSA) is 0 Å². The van der Waals surface area contributed by atoms with Gasteiger partial charge in [0.2, 0.25) is 0 Å². The van der Waals surface area contributed by atoms with Gasteiger partial charge in [0, 0.05) is 16.2 Å². The Bertz CT molecular complexity index is 3980. The van der Waals surface area contributed by atoms with Crippen LogP contribution in [0.15, 0.2) is 194 Å². The molecule has 0 bridgehead atoms. The number of hydrogen-bond acceptors (Lipinski definition) is 0. The third kappa shape index (κ3) is 5.08. The molecular weight excluding hydrogens is 805 g/mol. The Labute approximate surface area is 393 Å². The summed E-state index contributed by atoms with van der Waals surface area (Å²) in [6.07, 6.45) is 0. The van der Waals surface area contributed by atoms with Crippen molar-refractivity contribution in [2.75, 3.05) is 0 Å². The molecular formula is C67H50. The van der Waals surface area contributed by atoms with E-state index < -0.39 is 0 Å². The lowest BCUT2D eigenvalue weighted by Crippen LogP contribution is -2.16. The van der Waals surface area contributed by atoms with E-state index in [4.69, 9.17) is 0 Å². The van der Waals surface area contributed by atoms with Crippen LogP contribution in [0.5, 0.6) is 0 Å². The van der Waals surface area contributed by atoms with Crippen molar-refractivity contribution in [2.45, 2.75) is 57.8 Å². The molecule has 11 aromatic carbocycles. The smallest absolute Gasteiger partial charge is 0.0159 e. The summed E-state index contributed by atoms with van der Waals surface area (Å²) in [7, 11) is 0. The van der Waals surface area contributed by atoms with Crippen LogP contribution in [0.4, 0.5) is 0 Å². The highest BCUT2D eigenvalue weighted by atomic mass is 14.4. The van der Waals surface area contributed by atoms with Crippen molar-refractivity contribution in [1.82, 2.24) is 0 Å². The molecule has 0 atom stereocenters. The average Bonchev–Trinajstić information content (AvgIpc) is 3.85. The second-order valence-electron chi connectivity index (χ2n) is 21.1. The summed E-state index contributed by atoms with van der Waals surface area (Å²) in [4.78, 5) is 0. The second kappa shape index (κ2) is 13.3. The van der Waals surface area contributed by atoms with Crippen LogP contribution >= 0.6 is 0 Å². The fourth-order valence-electron chi connectivity index (χ4n) is 13.2. The van der Waals surface area contributed by atoms with E-state index in [-0.39, 0.29) is 16.2 Å². The number of benzene rings is 11. The van der Waals surface area contributed by atoms with Crippen molar-refractivity contribution in [2.24, 2.45) is 0 Å². The van der Waals surface area contributed by atoms with Gasteiger partial charge in [-0.25, -0.2) is 0 Å². The fraction of sp³-hybridized carbons (Fsp3) is 0.134. The molecule has 14 rings (SSSR count). The quantitative estimate of drug-likeness (QED) is 0.166. The van der Waals surface area contributed by atoms with Gasteiger partial charge in [-0.05, 0) is 167 Å². The van der Waals surface area contributed by atoms with Crippen LogP contribution in [0.25, 0.3) is 110 Å². The molecule has 0 aliphatic heterocycles. The molecule has 0 spiro atoms. The highest BCUT2D eigenvalue weighted by molar-refractivity contribution is 6.18. The van der Waals surface area contributed by atoms with Gasteiger partial charge >= 0.3 is 0 Å². The summed E-state index contributed by atoms with van der Waals surface area (Å²) in [5.41, 5.74) is 24.0. The maximum Gasteiger partial charge on any atom is 0.0159 e. The molecule has 11 aromatic rings. The van der Waals surface area contributed by atoms with E-state index in [1.54, 1.807) is 0 Å². The Kier molecular flexibility index (Phi) is 7.68. The predicted molar refractivity (Wildman–Crippen MR) is 285 cm³/mol. The molecule has 318 valence electrons. The molecule has 0 amide bonds. The van der Waals surface area contributed by atoms with Crippen LogP contribution in [0, 0.1) is 0 Å². The highest BCUT2D eigenvalue weighted by Gasteiger charge is 2.41. The first-order chi connectivity index (χ1) is 32.5. The van der Waals surface area contributed by atoms with E-state index in [0.29, 0.717) is 0 Å². The van der Waals surface area contributed by atoms with E-state index in [9.17, 15) is 0 Å². The monoisotopic (exact) mass is 854 g/mol. The Hall–Kier alpha value is -7.54. The van der Waals surface area contributed by atoms with E-state index >= 15 is 0 Å². The molecule has 3 aliphatic rings. The van der Waals surface area contributed by atoms with Crippen molar-refractivity contribution in [3.63, 3.8) is 0 Å². The molecule has 0 heterocycles. The highest BCUT2D eigenvalue weighted by Crippen LogP contribution is 2.59. The van der Waals surface area contributed by atoms with Gasteiger partial charge in [-0.15, -0.1) is 0 Å².